The van der Waals surface area contributed by atoms with Crippen LogP contribution >= 0.6 is 11.8 Å². The van der Waals surface area contributed by atoms with Gasteiger partial charge in [-0.05, 0) is 30.9 Å². The van der Waals surface area contributed by atoms with E-state index in [1.54, 1.807) is 0 Å². The highest BCUT2D eigenvalue weighted by molar-refractivity contribution is 7.99. The third kappa shape index (κ3) is 3.22. The van der Waals surface area contributed by atoms with Crippen LogP contribution in [0.2, 0.25) is 0 Å². The van der Waals surface area contributed by atoms with Gasteiger partial charge in [0.2, 0.25) is 0 Å². The molecule has 1 aliphatic rings. The molecule has 0 bridgehead atoms. The molecule has 2 N–H and O–H groups in total. The van der Waals surface area contributed by atoms with Crippen molar-refractivity contribution >= 4 is 11.8 Å². The fourth-order valence-corrected chi connectivity index (χ4v) is 3.67. The highest BCUT2D eigenvalue weighted by Crippen LogP contribution is 2.35. The van der Waals surface area contributed by atoms with E-state index in [4.69, 9.17) is 5.73 Å². The summed E-state index contributed by atoms with van der Waals surface area (Å²) in [5.41, 5.74) is 6.60. The molecule has 0 radical (unpaired) electrons. The normalized spacial score (nSPS) is 25.6. The fraction of sp³-hybridized carbons (Fsp3) is 0.615. The van der Waals surface area contributed by atoms with Gasteiger partial charge in [-0.15, -0.1) is 11.8 Å². The van der Waals surface area contributed by atoms with Crippen LogP contribution in [0, 0.1) is 5.92 Å². The average Bonchev–Trinajstić information content (AvgIpc) is 2.29. The Morgan fingerprint density at radius 3 is 3.06 bits per heavy atom. The van der Waals surface area contributed by atoms with E-state index in [-0.39, 0.29) is 0 Å². The summed E-state index contributed by atoms with van der Waals surface area (Å²) in [4.78, 5) is 4.55. The van der Waals surface area contributed by atoms with Crippen molar-refractivity contribution in [1.82, 2.24) is 4.98 Å². The summed E-state index contributed by atoms with van der Waals surface area (Å²) in [6.07, 6.45) is 5.44. The number of hydrogen-bond donors (Lipinski definition) is 1. The zero-order chi connectivity index (χ0) is 11.4. The van der Waals surface area contributed by atoms with Gasteiger partial charge >= 0.3 is 0 Å². The van der Waals surface area contributed by atoms with Crippen LogP contribution < -0.4 is 5.73 Å². The van der Waals surface area contributed by atoms with E-state index in [9.17, 15) is 0 Å². The first-order valence-corrected chi connectivity index (χ1v) is 6.98. The maximum absolute atomic E-state index is 5.60. The highest BCUT2D eigenvalue weighted by Gasteiger charge is 2.20. The monoisotopic (exact) mass is 236 g/mol. The lowest BCUT2D eigenvalue weighted by Gasteiger charge is -2.25. The Balaban J connectivity index is 1.97. The SMILES string of the molecule is CC1CCCC(Sc2cccc(CN)n2)C1. The lowest BCUT2D eigenvalue weighted by atomic mass is 9.91. The lowest BCUT2D eigenvalue weighted by Crippen LogP contribution is -2.15. The van der Waals surface area contributed by atoms with Gasteiger partial charge in [0.1, 0.15) is 0 Å². The number of aromatic nitrogens is 1. The van der Waals surface area contributed by atoms with Crippen molar-refractivity contribution < 1.29 is 0 Å². The van der Waals surface area contributed by atoms with Gasteiger partial charge in [-0.1, -0.05) is 25.8 Å². The standard InChI is InChI=1S/C13H20N2S/c1-10-4-2-6-12(8-10)16-13-7-3-5-11(9-14)15-13/h3,5,7,10,12H,2,4,6,8-9,14H2,1H3. The van der Waals surface area contributed by atoms with E-state index in [1.165, 1.54) is 25.7 Å². The molecule has 2 rings (SSSR count). The number of nitrogens with two attached hydrogens (primary N) is 1. The third-order valence-corrected chi connectivity index (χ3v) is 4.40. The number of thioether (sulfide) groups is 1. The first-order valence-electron chi connectivity index (χ1n) is 6.10. The summed E-state index contributed by atoms with van der Waals surface area (Å²) in [5, 5.41) is 1.89. The van der Waals surface area contributed by atoms with Crippen LogP contribution in [-0.2, 0) is 6.54 Å². The van der Waals surface area contributed by atoms with Crippen LogP contribution in [0.25, 0.3) is 0 Å². The predicted octanol–water partition coefficient (Wildman–Crippen LogP) is 3.21. The molecule has 1 fully saturated rings. The van der Waals surface area contributed by atoms with Gasteiger partial charge in [0.25, 0.3) is 0 Å². The van der Waals surface area contributed by atoms with E-state index in [0.717, 1.165) is 21.9 Å². The lowest BCUT2D eigenvalue weighted by molar-refractivity contribution is 0.394. The second-order valence-corrected chi connectivity index (χ2v) is 6.00. The summed E-state index contributed by atoms with van der Waals surface area (Å²) >= 11 is 1.93. The Morgan fingerprint density at radius 2 is 2.31 bits per heavy atom. The molecule has 1 aliphatic carbocycles. The smallest absolute Gasteiger partial charge is 0.0966 e. The van der Waals surface area contributed by atoms with Crippen LogP contribution in [0.1, 0.15) is 38.3 Å². The second kappa shape index (κ2) is 5.69. The fourth-order valence-electron chi connectivity index (χ4n) is 2.29. The van der Waals surface area contributed by atoms with E-state index in [1.807, 2.05) is 17.8 Å². The van der Waals surface area contributed by atoms with Crippen LogP contribution in [0.4, 0.5) is 0 Å². The molecule has 0 saturated heterocycles. The van der Waals surface area contributed by atoms with Gasteiger partial charge in [-0.25, -0.2) is 4.98 Å². The Labute approximate surface area is 102 Å². The van der Waals surface area contributed by atoms with Gasteiger partial charge in [0.15, 0.2) is 0 Å². The van der Waals surface area contributed by atoms with Gasteiger partial charge in [0.05, 0.1) is 10.7 Å². The molecule has 2 atom stereocenters. The average molecular weight is 236 g/mol. The molecule has 0 amide bonds. The summed E-state index contributed by atoms with van der Waals surface area (Å²) in [6, 6.07) is 6.15. The maximum atomic E-state index is 5.60. The quantitative estimate of drug-likeness (QED) is 0.876. The number of hydrogen-bond acceptors (Lipinski definition) is 3. The van der Waals surface area contributed by atoms with Gasteiger partial charge in [-0.3, -0.25) is 0 Å². The van der Waals surface area contributed by atoms with E-state index >= 15 is 0 Å². The molecule has 88 valence electrons. The molecule has 1 saturated carbocycles. The second-order valence-electron chi connectivity index (χ2n) is 4.68. The molecule has 1 aromatic rings. The molecule has 2 unspecified atom stereocenters. The molecule has 16 heavy (non-hydrogen) atoms. The van der Waals surface area contributed by atoms with Crippen molar-refractivity contribution in [3.8, 4) is 0 Å². The summed E-state index contributed by atoms with van der Waals surface area (Å²) in [6.45, 7) is 2.89. The number of pyridine rings is 1. The van der Waals surface area contributed by atoms with Crippen LogP contribution in [0.3, 0.4) is 0 Å². The van der Waals surface area contributed by atoms with E-state index in [2.05, 4.69) is 24.0 Å². The van der Waals surface area contributed by atoms with Crippen molar-refractivity contribution in [2.75, 3.05) is 0 Å². The van der Waals surface area contributed by atoms with Crippen molar-refractivity contribution in [3.05, 3.63) is 23.9 Å². The third-order valence-electron chi connectivity index (χ3n) is 3.17. The molecular weight excluding hydrogens is 216 g/mol. The van der Waals surface area contributed by atoms with E-state index < -0.39 is 0 Å². The first-order chi connectivity index (χ1) is 7.78. The zero-order valence-electron chi connectivity index (χ0n) is 9.86. The molecular formula is C13H20N2S. The Kier molecular flexibility index (Phi) is 4.24. The zero-order valence-corrected chi connectivity index (χ0v) is 10.7. The van der Waals surface area contributed by atoms with Crippen LogP contribution in [0.15, 0.2) is 23.2 Å². The van der Waals surface area contributed by atoms with Crippen molar-refractivity contribution in [3.63, 3.8) is 0 Å². The molecule has 1 heterocycles. The van der Waals surface area contributed by atoms with Crippen molar-refractivity contribution in [2.24, 2.45) is 11.7 Å². The highest BCUT2D eigenvalue weighted by atomic mass is 32.2. The van der Waals surface area contributed by atoms with Crippen molar-refractivity contribution in [1.29, 1.82) is 0 Å². The number of nitrogens with zero attached hydrogens (tertiary/aromatic N) is 1. The minimum absolute atomic E-state index is 0.537. The molecule has 0 spiro atoms. The first kappa shape index (κ1) is 11.9. The molecule has 2 nitrogen and oxygen atoms in total. The molecule has 1 aromatic heterocycles. The van der Waals surface area contributed by atoms with E-state index in [0.29, 0.717) is 6.54 Å². The summed E-state index contributed by atoms with van der Waals surface area (Å²) < 4.78 is 0. The van der Waals surface area contributed by atoms with Crippen molar-refractivity contribution in [2.45, 2.75) is 49.4 Å². The molecule has 3 heteroatoms. The maximum Gasteiger partial charge on any atom is 0.0966 e. The van der Waals surface area contributed by atoms with Gasteiger partial charge in [-0.2, -0.15) is 0 Å². The topological polar surface area (TPSA) is 38.9 Å². The Morgan fingerprint density at radius 1 is 1.44 bits per heavy atom. The van der Waals surface area contributed by atoms with Crippen LogP contribution in [0.5, 0.6) is 0 Å². The Bertz CT molecular complexity index is 340. The summed E-state index contributed by atoms with van der Waals surface area (Å²) in [7, 11) is 0. The molecule has 0 aromatic carbocycles. The minimum atomic E-state index is 0.537. The Hall–Kier alpha value is -0.540. The number of rotatable bonds is 3. The van der Waals surface area contributed by atoms with Crippen LogP contribution in [-0.4, -0.2) is 10.2 Å². The molecule has 0 aliphatic heterocycles. The summed E-state index contributed by atoms with van der Waals surface area (Å²) in [5.74, 6) is 0.879. The predicted molar refractivity (Wildman–Crippen MR) is 69.4 cm³/mol. The largest absolute Gasteiger partial charge is 0.325 e. The van der Waals surface area contributed by atoms with Gasteiger partial charge < -0.3 is 5.73 Å². The minimum Gasteiger partial charge on any atom is -0.325 e. The van der Waals surface area contributed by atoms with Gasteiger partial charge in [0, 0.05) is 11.8 Å².